The lowest BCUT2D eigenvalue weighted by Crippen LogP contribution is -2.07. The number of thiazole rings is 1. The molecule has 0 aliphatic carbocycles. The van der Waals surface area contributed by atoms with Crippen molar-refractivity contribution in [2.45, 2.75) is 33.2 Å². The number of nitrogens with zero attached hydrogens (tertiary/aromatic N) is 1. The molecule has 1 heterocycles. The summed E-state index contributed by atoms with van der Waals surface area (Å²) in [6.45, 7) is 5.22. The SMILES string of the molecule is CNCc1sc(Cc2ccc(F)cc2Cl)nc1CC(C)C. The Morgan fingerprint density at radius 1 is 1.38 bits per heavy atom. The van der Waals surface area contributed by atoms with Crippen LogP contribution in [0.3, 0.4) is 0 Å². The van der Waals surface area contributed by atoms with Crippen LogP contribution in [-0.2, 0) is 19.4 Å². The zero-order chi connectivity index (χ0) is 15.4. The lowest BCUT2D eigenvalue weighted by Gasteiger charge is -2.04. The predicted octanol–water partition coefficient (Wildman–Crippen LogP) is 4.44. The quantitative estimate of drug-likeness (QED) is 0.848. The highest BCUT2D eigenvalue weighted by atomic mass is 35.5. The van der Waals surface area contributed by atoms with Gasteiger partial charge in [-0.15, -0.1) is 11.3 Å². The first-order chi connectivity index (χ1) is 9.99. The van der Waals surface area contributed by atoms with Gasteiger partial charge < -0.3 is 5.32 Å². The molecule has 0 amide bonds. The average molecular weight is 327 g/mol. The Hall–Kier alpha value is -0.970. The van der Waals surface area contributed by atoms with Crippen molar-refractivity contribution in [3.05, 3.63) is 50.2 Å². The standard InChI is InChI=1S/C16H20ClFN2S/c1-10(2)6-14-15(9-19-3)21-16(20-14)7-11-4-5-12(18)8-13(11)17/h4-5,8,10,19H,6-7,9H2,1-3H3. The number of halogens is 2. The monoisotopic (exact) mass is 326 g/mol. The highest BCUT2D eigenvalue weighted by Crippen LogP contribution is 2.26. The van der Waals surface area contributed by atoms with Gasteiger partial charge in [0.25, 0.3) is 0 Å². The van der Waals surface area contributed by atoms with Crippen molar-refractivity contribution < 1.29 is 4.39 Å². The highest BCUT2D eigenvalue weighted by Gasteiger charge is 2.13. The van der Waals surface area contributed by atoms with Crippen LogP contribution in [0.4, 0.5) is 4.39 Å². The second kappa shape index (κ2) is 7.34. The fourth-order valence-electron chi connectivity index (χ4n) is 2.19. The third-order valence-corrected chi connectivity index (χ3v) is 4.57. The summed E-state index contributed by atoms with van der Waals surface area (Å²) in [4.78, 5) is 6.03. The second-order valence-corrected chi connectivity index (χ2v) is 7.09. The van der Waals surface area contributed by atoms with Crippen LogP contribution in [0.2, 0.25) is 5.02 Å². The molecule has 0 saturated heterocycles. The molecule has 0 unspecified atom stereocenters. The smallest absolute Gasteiger partial charge is 0.124 e. The lowest BCUT2D eigenvalue weighted by atomic mass is 10.1. The summed E-state index contributed by atoms with van der Waals surface area (Å²) in [6, 6.07) is 4.53. The van der Waals surface area contributed by atoms with Crippen LogP contribution in [0, 0.1) is 11.7 Å². The Morgan fingerprint density at radius 2 is 2.14 bits per heavy atom. The van der Waals surface area contributed by atoms with Gasteiger partial charge in [-0.2, -0.15) is 0 Å². The molecule has 0 aliphatic heterocycles. The minimum atomic E-state index is -0.306. The molecule has 0 aliphatic rings. The summed E-state index contributed by atoms with van der Waals surface area (Å²) in [6.07, 6.45) is 1.63. The Kier molecular flexibility index (Phi) is 5.73. The van der Waals surface area contributed by atoms with Crippen molar-refractivity contribution in [2.24, 2.45) is 5.92 Å². The van der Waals surface area contributed by atoms with Crippen molar-refractivity contribution in [2.75, 3.05) is 7.05 Å². The fourth-order valence-corrected chi connectivity index (χ4v) is 3.55. The number of hydrogen-bond acceptors (Lipinski definition) is 3. The molecule has 0 saturated carbocycles. The van der Waals surface area contributed by atoms with Gasteiger partial charge in [0.1, 0.15) is 5.82 Å². The van der Waals surface area contributed by atoms with E-state index < -0.39 is 0 Å². The maximum absolute atomic E-state index is 13.1. The normalized spacial score (nSPS) is 11.3. The molecule has 2 rings (SSSR count). The third kappa shape index (κ3) is 4.50. The van der Waals surface area contributed by atoms with Gasteiger partial charge >= 0.3 is 0 Å². The van der Waals surface area contributed by atoms with Gasteiger partial charge in [-0.1, -0.05) is 31.5 Å². The van der Waals surface area contributed by atoms with E-state index in [1.165, 1.54) is 17.0 Å². The predicted molar refractivity (Wildman–Crippen MR) is 87.6 cm³/mol. The molecule has 21 heavy (non-hydrogen) atoms. The fraction of sp³-hybridized carbons (Fsp3) is 0.438. The van der Waals surface area contributed by atoms with Crippen LogP contribution < -0.4 is 5.32 Å². The second-order valence-electron chi connectivity index (χ2n) is 5.52. The summed E-state index contributed by atoms with van der Waals surface area (Å²) in [5.74, 6) is 0.268. The number of benzene rings is 1. The minimum absolute atomic E-state index is 0.306. The Labute approximate surface area is 134 Å². The van der Waals surface area contributed by atoms with Gasteiger partial charge in [-0.25, -0.2) is 9.37 Å². The van der Waals surface area contributed by atoms with E-state index in [2.05, 4.69) is 19.2 Å². The van der Waals surface area contributed by atoms with Crippen molar-refractivity contribution >= 4 is 22.9 Å². The molecule has 5 heteroatoms. The summed E-state index contributed by atoms with van der Waals surface area (Å²) in [7, 11) is 1.94. The van der Waals surface area contributed by atoms with Gasteiger partial charge in [0, 0.05) is 22.9 Å². The van der Waals surface area contributed by atoms with Crippen LogP contribution >= 0.6 is 22.9 Å². The van der Waals surface area contributed by atoms with E-state index >= 15 is 0 Å². The van der Waals surface area contributed by atoms with E-state index in [1.807, 2.05) is 7.05 Å². The minimum Gasteiger partial charge on any atom is -0.315 e. The van der Waals surface area contributed by atoms with Gasteiger partial charge in [0.05, 0.1) is 10.7 Å². The topological polar surface area (TPSA) is 24.9 Å². The molecule has 1 aromatic carbocycles. The molecule has 1 aromatic heterocycles. The number of hydrogen-bond donors (Lipinski definition) is 1. The zero-order valence-electron chi connectivity index (χ0n) is 12.5. The van der Waals surface area contributed by atoms with Crippen LogP contribution in [0.25, 0.3) is 0 Å². The Bertz CT molecular complexity index is 610. The van der Waals surface area contributed by atoms with E-state index in [9.17, 15) is 4.39 Å². The molecule has 2 nitrogen and oxygen atoms in total. The van der Waals surface area contributed by atoms with E-state index in [-0.39, 0.29) is 5.82 Å². The van der Waals surface area contributed by atoms with Crippen molar-refractivity contribution in [3.63, 3.8) is 0 Å². The largest absolute Gasteiger partial charge is 0.315 e. The molecule has 0 spiro atoms. The molecule has 0 fully saturated rings. The van der Waals surface area contributed by atoms with Gasteiger partial charge in [0.2, 0.25) is 0 Å². The zero-order valence-corrected chi connectivity index (χ0v) is 14.1. The molecular formula is C16H20ClFN2S. The van der Waals surface area contributed by atoms with E-state index in [4.69, 9.17) is 16.6 Å². The van der Waals surface area contributed by atoms with E-state index in [0.717, 1.165) is 29.2 Å². The lowest BCUT2D eigenvalue weighted by molar-refractivity contribution is 0.626. The van der Waals surface area contributed by atoms with Crippen LogP contribution in [0.15, 0.2) is 18.2 Å². The highest BCUT2D eigenvalue weighted by molar-refractivity contribution is 7.11. The van der Waals surface area contributed by atoms with Crippen LogP contribution in [-0.4, -0.2) is 12.0 Å². The maximum Gasteiger partial charge on any atom is 0.124 e. The third-order valence-electron chi connectivity index (χ3n) is 3.12. The summed E-state index contributed by atoms with van der Waals surface area (Å²) < 4.78 is 13.1. The van der Waals surface area contributed by atoms with E-state index in [1.54, 1.807) is 17.4 Å². The van der Waals surface area contributed by atoms with E-state index in [0.29, 0.717) is 17.4 Å². The molecule has 114 valence electrons. The molecule has 0 radical (unpaired) electrons. The first kappa shape index (κ1) is 16.4. The maximum atomic E-state index is 13.1. The van der Waals surface area contributed by atoms with Gasteiger partial charge in [0.15, 0.2) is 0 Å². The van der Waals surface area contributed by atoms with Crippen LogP contribution in [0.5, 0.6) is 0 Å². The van der Waals surface area contributed by atoms with Crippen molar-refractivity contribution in [1.29, 1.82) is 0 Å². The summed E-state index contributed by atoms with van der Waals surface area (Å²) >= 11 is 7.80. The average Bonchev–Trinajstić information content (AvgIpc) is 2.75. The molecule has 2 aromatic rings. The van der Waals surface area contributed by atoms with Crippen LogP contribution in [0.1, 0.15) is 35.0 Å². The number of rotatable bonds is 6. The molecule has 1 N–H and O–H groups in total. The molecule has 0 bridgehead atoms. The molecular weight excluding hydrogens is 307 g/mol. The van der Waals surface area contributed by atoms with Gasteiger partial charge in [-0.05, 0) is 37.1 Å². The Balaban J connectivity index is 2.23. The number of aromatic nitrogens is 1. The van der Waals surface area contributed by atoms with Crippen molar-refractivity contribution in [3.8, 4) is 0 Å². The Morgan fingerprint density at radius 3 is 2.76 bits per heavy atom. The molecule has 0 atom stereocenters. The summed E-state index contributed by atoms with van der Waals surface area (Å²) in [5, 5.41) is 4.68. The first-order valence-electron chi connectivity index (χ1n) is 7.05. The van der Waals surface area contributed by atoms with Crippen molar-refractivity contribution in [1.82, 2.24) is 10.3 Å². The summed E-state index contributed by atoms with van der Waals surface area (Å²) in [5.41, 5.74) is 2.08. The number of nitrogens with one attached hydrogen (secondary N) is 1. The van der Waals surface area contributed by atoms with Gasteiger partial charge in [-0.3, -0.25) is 0 Å². The first-order valence-corrected chi connectivity index (χ1v) is 8.25.